The van der Waals surface area contributed by atoms with Crippen molar-refractivity contribution in [2.75, 3.05) is 0 Å². The van der Waals surface area contributed by atoms with Crippen molar-refractivity contribution in [3.8, 4) is 0 Å². The van der Waals surface area contributed by atoms with E-state index in [1.54, 1.807) is 0 Å². The van der Waals surface area contributed by atoms with Crippen LogP contribution < -0.4 is 0 Å². The molecule has 0 aliphatic heterocycles. The summed E-state index contributed by atoms with van der Waals surface area (Å²) in [7, 11) is 2.11. The van der Waals surface area contributed by atoms with E-state index in [4.69, 9.17) is 4.98 Å². The van der Waals surface area contributed by atoms with Crippen molar-refractivity contribution in [2.24, 2.45) is 7.05 Å². The van der Waals surface area contributed by atoms with Gasteiger partial charge in [-0.05, 0) is 64.2 Å². The molecule has 0 N–H and O–H groups in total. The molecule has 0 fully saturated rings. The summed E-state index contributed by atoms with van der Waals surface area (Å²) in [5.41, 5.74) is 6.28. The summed E-state index contributed by atoms with van der Waals surface area (Å²) in [5, 5.41) is 5.40. The fraction of sp³-hybridized carbons (Fsp3) is 0.160. The molecule has 0 aliphatic carbocycles. The Balaban J connectivity index is 1.67. The van der Waals surface area contributed by atoms with E-state index in [-0.39, 0.29) is 0 Å². The summed E-state index contributed by atoms with van der Waals surface area (Å²) in [6.07, 6.45) is 0.840. The number of hydrogen-bond donors (Lipinski definition) is 0. The van der Waals surface area contributed by atoms with Crippen LogP contribution in [0.25, 0.3) is 32.6 Å². The highest BCUT2D eigenvalue weighted by Crippen LogP contribution is 2.33. The number of benzene rings is 4. The molecule has 2 heteroatoms. The minimum absolute atomic E-state index is 0.840. The molecule has 0 atom stereocenters. The second-order valence-corrected chi connectivity index (χ2v) is 7.43. The molecular weight excluding hydrogens is 328 g/mol. The van der Waals surface area contributed by atoms with Gasteiger partial charge >= 0.3 is 0 Å². The molecule has 1 heterocycles. The van der Waals surface area contributed by atoms with Gasteiger partial charge in [0.15, 0.2) is 0 Å². The first-order valence-electron chi connectivity index (χ1n) is 9.44. The Morgan fingerprint density at radius 2 is 1.37 bits per heavy atom. The molecule has 0 unspecified atom stereocenters. The predicted octanol–water partition coefficient (Wildman–Crippen LogP) is 6.09. The maximum absolute atomic E-state index is 4.84. The molecule has 0 spiro atoms. The largest absolute Gasteiger partial charge is 0.331 e. The number of aryl methyl sites for hydroxylation is 3. The van der Waals surface area contributed by atoms with Crippen LogP contribution in [0.4, 0.5) is 0 Å². The average molecular weight is 350 g/mol. The second kappa shape index (κ2) is 5.95. The van der Waals surface area contributed by atoms with Gasteiger partial charge in [-0.2, -0.15) is 0 Å². The molecule has 0 amide bonds. The van der Waals surface area contributed by atoms with E-state index in [2.05, 4.69) is 86.1 Å². The molecule has 4 aromatic carbocycles. The maximum Gasteiger partial charge on any atom is 0.114 e. The molecular formula is C25H22N2. The molecule has 5 aromatic rings. The minimum Gasteiger partial charge on any atom is -0.331 e. The Bertz CT molecular complexity index is 1330. The van der Waals surface area contributed by atoms with E-state index >= 15 is 0 Å². The van der Waals surface area contributed by atoms with Gasteiger partial charge in [-0.3, -0.25) is 0 Å². The van der Waals surface area contributed by atoms with Gasteiger partial charge in [0.2, 0.25) is 0 Å². The first-order valence-corrected chi connectivity index (χ1v) is 9.44. The summed E-state index contributed by atoms with van der Waals surface area (Å²) < 4.78 is 2.21. The smallest absolute Gasteiger partial charge is 0.114 e. The third-order valence-electron chi connectivity index (χ3n) is 5.87. The minimum atomic E-state index is 0.840. The highest BCUT2D eigenvalue weighted by Gasteiger charge is 2.11. The van der Waals surface area contributed by atoms with Gasteiger partial charge in [0.25, 0.3) is 0 Å². The molecule has 0 radical (unpaired) electrons. The van der Waals surface area contributed by atoms with Gasteiger partial charge in [0.1, 0.15) is 5.82 Å². The average Bonchev–Trinajstić information content (AvgIpc) is 3.02. The second-order valence-electron chi connectivity index (χ2n) is 7.43. The summed E-state index contributed by atoms with van der Waals surface area (Å²) >= 11 is 0. The van der Waals surface area contributed by atoms with Gasteiger partial charge in [-0.25, -0.2) is 4.98 Å². The van der Waals surface area contributed by atoms with Crippen molar-refractivity contribution in [1.82, 2.24) is 9.55 Å². The molecule has 0 saturated carbocycles. The predicted molar refractivity (Wildman–Crippen MR) is 114 cm³/mol. The van der Waals surface area contributed by atoms with E-state index in [1.807, 2.05) is 6.07 Å². The Hall–Kier alpha value is -3.13. The van der Waals surface area contributed by atoms with Crippen LogP contribution in [-0.4, -0.2) is 9.55 Å². The number of imidazole rings is 1. The first kappa shape index (κ1) is 16.1. The molecule has 1 aromatic heterocycles. The zero-order valence-electron chi connectivity index (χ0n) is 16.0. The van der Waals surface area contributed by atoms with E-state index in [9.17, 15) is 0 Å². The molecule has 27 heavy (non-hydrogen) atoms. The first-order chi connectivity index (χ1) is 13.1. The standard InChI is InChI=1S/C25H22N2/c1-16-19-8-4-5-9-20(19)17(2)22-14-18(12-13-21(16)22)15-25-26-23-10-6-7-11-24(23)27(25)3/h4-14H,15H2,1-3H3. The van der Waals surface area contributed by atoms with Crippen LogP contribution in [0, 0.1) is 13.8 Å². The van der Waals surface area contributed by atoms with Crippen molar-refractivity contribution in [3.63, 3.8) is 0 Å². The third kappa shape index (κ3) is 2.44. The fourth-order valence-corrected chi connectivity index (χ4v) is 4.30. The van der Waals surface area contributed by atoms with Crippen LogP contribution in [0.3, 0.4) is 0 Å². The summed E-state index contributed by atoms with van der Waals surface area (Å²) in [6.45, 7) is 4.47. The quantitative estimate of drug-likeness (QED) is 0.352. The molecule has 132 valence electrons. The molecule has 5 rings (SSSR count). The van der Waals surface area contributed by atoms with E-state index in [1.165, 1.54) is 43.8 Å². The maximum atomic E-state index is 4.84. The van der Waals surface area contributed by atoms with Crippen molar-refractivity contribution in [1.29, 1.82) is 0 Å². The lowest BCUT2D eigenvalue weighted by molar-refractivity contribution is 0.845. The summed E-state index contributed by atoms with van der Waals surface area (Å²) in [6, 6.07) is 23.9. The van der Waals surface area contributed by atoms with Gasteiger partial charge in [0, 0.05) is 13.5 Å². The van der Waals surface area contributed by atoms with Gasteiger partial charge in [-0.1, -0.05) is 54.6 Å². The van der Waals surface area contributed by atoms with E-state index in [0.717, 1.165) is 17.8 Å². The lowest BCUT2D eigenvalue weighted by Gasteiger charge is -2.13. The molecule has 0 saturated heterocycles. The van der Waals surface area contributed by atoms with Crippen LogP contribution in [0.15, 0.2) is 66.7 Å². The number of para-hydroxylation sites is 2. The number of rotatable bonds is 2. The van der Waals surface area contributed by atoms with Crippen LogP contribution in [0.2, 0.25) is 0 Å². The van der Waals surface area contributed by atoms with Crippen molar-refractivity contribution in [3.05, 3.63) is 89.2 Å². The highest BCUT2D eigenvalue weighted by molar-refractivity contribution is 6.05. The summed E-state index contributed by atoms with van der Waals surface area (Å²) in [5.74, 6) is 1.10. The Labute approximate surface area is 159 Å². The van der Waals surface area contributed by atoms with Gasteiger partial charge in [-0.15, -0.1) is 0 Å². The third-order valence-corrected chi connectivity index (χ3v) is 5.87. The van der Waals surface area contributed by atoms with Gasteiger partial charge in [0.05, 0.1) is 11.0 Å². The Morgan fingerprint density at radius 3 is 2.11 bits per heavy atom. The van der Waals surface area contributed by atoms with Crippen LogP contribution in [-0.2, 0) is 13.5 Å². The normalized spacial score (nSPS) is 11.7. The lowest BCUT2D eigenvalue weighted by Crippen LogP contribution is -1.99. The zero-order valence-corrected chi connectivity index (χ0v) is 16.0. The monoisotopic (exact) mass is 350 g/mol. The topological polar surface area (TPSA) is 17.8 Å². The van der Waals surface area contributed by atoms with Crippen molar-refractivity contribution >= 4 is 32.6 Å². The number of aromatic nitrogens is 2. The lowest BCUT2D eigenvalue weighted by atomic mass is 9.92. The highest BCUT2D eigenvalue weighted by atomic mass is 15.1. The molecule has 2 nitrogen and oxygen atoms in total. The molecule has 0 aliphatic rings. The van der Waals surface area contributed by atoms with Crippen LogP contribution in [0.1, 0.15) is 22.5 Å². The fourth-order valence-electron chi connectivity index (χ4n) is 4.30. The van der Waals surface area contributed by atoms with E-state index < -0.39 is 0 Å². The van der Waals surface area contributed by atoms with Crippen LogP contribution in [0.5, 0.6) is 0 Å². The molecule has 0 bridgehead atoms. The Morgan fingerprint density at radius 1 is 0.741 bits per heavy atom. The number of hydrogen-bond acceptors (Lipinski definition) is 1. The van der Waals surface area contributed by atoms with Gasteiger partial charge < -0.3 is 4.57 Å². The zero-order chi connectivity index (χ0) is 18.5. The summed E-state index contributed by atoms with van der Waals surface area (Å²) in [4.78, 5) is 4.84. The number of fused-ring (bicyclic) bond motifs is 3. The Kier molecular flexibility index (Phi) is 3.54. The SMILES string of the molecule is Cc1c2ccccc2c(C)c2cc(Cc3nc4ccccc4n3C)ccc12. The number of nitrogens with zero attached hydrogens (tertiary/aromatic N) is 2. The van der Waals surface area contributed by atoms with Crippen molar-refractivity contribution < 1.29 is 0 Å². The van der Waals surface area contributed by atoms with E-state index in [0.29, 0.717) is 0 Å². The van der Waals surface area contributed by atoms with Crippen molar-refractivity contribution in [2.45, 2.75) is 20.3 Å². The van der Waals surface area contributed by atoms with Crippen LogP contribution >= 0.6 is 0 Å².